The molecule has 2 rings (SSSR count). The molecule has 6 nitrogen and oxygen atoms in total. The van der Waals surface area contributed by atoms with E-state index in [1.807, 2.05) is 0 Å². The first kappa shape index (κ1) is 13.1. The van der Waals surface area contributed by atoms with Crippen molar-refractivity contribution in [2.75, 3.05) is 26.2 Å². The highest BCUT2D eigenvalue weighted by Gasteiger charge is 2.47. The number of urea groups is 1. The summed E-state index contributed by atoms with van der Waals surface area (Å²) >= 11 is 0. The minimum Gasteiger partial charge on any atom is -0.480 e. The zero-order valence-electron chi connectivity index (χ0n) is 10.6. The van der Waals surface area contributed by atoms with Crippen molar-refractivity contribution < 1.29 is 19.8 Å². The molecule has 2 unspecified atom stereocenters. The number of carbonyl (C=O) groups is 2. The summed E-state index contributed by atoms with van der Waals surface area (Å²) in [5.41, 5.74) is -1.08. The lowest BCUT2D eigenvalue weighted by Crippen LogP contribution is -2.54. The molecular formula is C12H20N2O4. The van der Waals surface area contributed by atoms with E-state index in [0.717, 1.165) is 12.8 Å². The van der Waals surface area contributed by atoms with Crippen LogP contribution in [0.4, 0.5) is 4.79 Å². The zero-order valence-corrected chi connectivity index (χ0v) is 10.6. The third-order valence-electron chi connectivity index (χ3n) is 4.15. The van der Waals surface area contributed by atoms with Crippen LogP contribution in [0.5, 0.6) is 0 Å². The molecule has 2 atom stereocenters. The standard InChI is InChI=1S/C12H20N2O4/c1-12(10(16)17)4-2-5-14(12)11(18)13-6-3-9(7-13)8-15/h9,15H,2-8H2,1H3,(H,16,17). The zero-order chi connectivity index (χ0) is 13.3. The average Bonchev–Trinajstić information content (AvgIpc) is 2.95. The van der Waals surface area contributed by atoms with Gasteiger partial charge in [0.15, 0.2) is 0 Å². The molecule has 102 valence electrons. The van der Waals surface area contributed by atoms with E-state index in [9.17, 15) is 14.7 Å². The molecule has 0 saturated carbocycles. The highest BCUT2D eigenvalue weighted by Crippen LogP contribution is 2.31. The summed E-state index contributed by atoms with van der Waals surface area (Å²) < 4.78 is 0. The van der Waals surface area contributed by atoms with Gasteiger partial charge in [0.2, 0.25) is 0 Å². The van der Waals surface area contributed by atoms with Gasteiger partial charge in [-0.15, -0.1) is 0 Å². The van der Waals surface area contributed by atoms with Gasteiger partial charge in [0.05, 0.1) is 0 Å². The molecule has 2 aliphatic heterocycles. The molecular weight excluding hydrogens is 236 g/mol. The van der Waals surface area contributed by atoms with Gasteiger partial charge in [-0.1, -0.05) is 0 Å². The molecule has 2 saturated heterocycles. The minimum atomic E-state index is -1.08. The lowest BCUT2D eigenvalue weighted by molar-refractivity contribution is -0.147. The molecule has 0 aromatic heterocycles. The SMILES string of the molecule is CC1(C(=O)O)CCCN1C(=O)N1CCC(CO)C1. The van der Waals surface area contributed by atoms with Crippen molar-refractivity contribution in [2.45, 2.75) is 31.7 Å². The van der Waals surface area contributed by atoms with Gasteiger partial charge in [-0.2, -0.15) is 0 Å². The van der Waals surface area contributed by atoms with E-state index < -0.39 is 11.5 Å². The van der Waals surface area contributed by atoms with Crippen molar-refractivity contribution >= 4 is 12.0 Å². The van der Waals surface area contributed by atoms with E-state index in [0.29, 0.717) is 26.1 Å². The first-order chi connectivity index (χ1) is 8.49. The largest absolute Gasteiger partial charge is 0.480 e. The number of carboxylic acids is 1. The topological polar surface area (TPSA) is 81.1 Å². The van der Waals surface area contributed by atoms with Crippen molar-refractivity contribution in [3.8, 4) is 0 Å². The summed E-state index contributed by atoms with van der Waals surface area (Å²) in [5.74, 6) is -0.807. The van der Waals surface area contributed by atoms with Gasteiger partial charge in [0, 0.05) is 32.2 Å². The van der Waals surface area contributed by atoms with Gasteiger partial charge in [0.1, 0.15) is 5.54 Å². The van der Waals surface area contributed by atoms with Crippen molar-refractivity contribution in [3.05, 3.63) is 0 Å². The number of aliphatic hydroxyl groups excluding tert-OH is 1. The summed E-state index contributed by atoms with van der Waals surface area (Å²) in [5, 5.41) is 18.4. The Balaban J connectivity index is 2.07. The lowest BCUT2D eigenvalue weighted by Gasteiger charge is -2.34. The quantitative estimate of drug-likeness (QED) is 0.747. The molecule has 2 amide bonds. The predicted molar refractivity (Wildman–Crippen MR) is 64.1 cm³/mol. The molecule has 0 aromatic carbocycles. The molecule has 2 heterocycles. The predicted octanol–water partition coefficient (Wildman–Crippen LogP) is 0.360. The number of aliphatic carboxylic acids is 1. The summed E-state index contributed by atoms with van der Waals surface area (Å²) in [6, 6.07) is -0.201. The molecule has 2 N–H and O–H groups in total. The van der Waals surface area contributed by atoms with E-state index in [1.165, 1.54) is 4.90 Å². The fourth-order valence-corrected chi connectivity index (χ4v) is 2.82. The Morgan fingerprint density at radius 3 is 2.67 bits per heavy atom. The highest BCUT2D eigenvalue weighted by molar-refractivity contribution is 5.86. The number of aliphatic hydroxyl groups is 1. The van der Waals surface area contributed by atoms with E-state index in [4.69, 9.17) is 5.11 Å². The van der Waals surface area contributed by atoms with Gasteiger partial charge in [0.25, 0.3) is 0 Å². The Bertz CT molecular complexity index is 360. The third kappa shape index (κ3) is 2.05. The van der Waals surface area contributed by atoms with E-state index in [-0.39, 0.29) is 18.6 Å². The van der Waals surface area contributed by atoms with Crippen LogP contribution < -0.4 is 0 Å². The maximum atomic E-state index is 12.3. The van der Waals surface area contributed by atoms with Crippen LogP contribution in [0.2, 0.25) is 0 Å². The van der Waals surface area contributed by atoms with Crippen LogP contribution in [0.1, 0.15) is 26.2 Å². The molecule has 0 spiro atoms. The number of amides is 2. The monoisotopic (exact) mass is 256 g/mol. The summed E-state index contributed by atoms with van der Waals surface area (Å²) in [6.07, 6.45) is 2.02. The number of rotatable bonds is 2. The number of hydrogen-bond donors (Lipinski definition) is 2. The van der Waals surface area contributed by atoms with Gasteiger partial charge < -0.3 is 20.0 Å². The first-order valence-electron chi connectivity index (χ1n) is 6.40. The van der Waals surface area contributed by atoms with Crippen molar-refractivity contribution in [2.24, 2.45) is 5.92 Å². The Morgan fingerprint density at radius 1 is 1.39 bits per heavy atom. The second kappa shape index (κ2) is 4.76. The minimum absolute atomic E-state index is 0.0833. The van der Waals surface area contributed by atoms with Crippen molar-refractivity contribution in [3.63, 3.8) is 0 Å². The van der Waals surface area contributed by atoms with Crippen LogP contribution in [-0.2, 0) is 4.79 Å². The molecule has 0 aromatic rings. The van der Waals surface area contributed by atoms with Crippen LogP contribution in [0.3, 0.4) is 0 Å². The van der Waals surface area contributed by atoms with E-state index in [2.05, 4.69) is 0 Å². The van der Waals surface area contributed by atoms with Crippen LogP contribution in [0.25, 0.3) is 0 Å². The fourth-order valence-electron chi connectivity index (χ4n) is 2.82. The number of carbonyl (C=O) groups excluding carboxylic acids is 1. The van der Waals surface area contributed by atoms with Crippen LogP contribution in [0, 0.1) is 5.92 Å². The molecule has 0 radical (unpaired) electrons. The molecule has 2 fully saturated rings. The van der Waals surface area contributed by atoms with Gasteiger partial charge in [-0.05, 0) is 26.2 Å². The number of carboxylic acid groups (broad SMARTS) is 1. The highest BCUT2D eigenvalue weighted by atomic mass is 16.4. The second-order valence-electron chi connectivity index (χ2n) is 5.40. The van der Waals surface area contributed by atoms with Crippen molar-refractivity contribution in [1.82, 2.24) is 9.80 Å². The summed E-state index contributed by atoms with van der Waals surface area (Å²) in [4.78, 5) is 26.8. The molecule has 2 aliphatic rings. The third-order valence-corrected chi connectivity index (χ3v) is 4.15. The normalized spacial score (nSPS) is 32.0. The van der Waals surface area contributed by atoms with Crippen LogP contribution in [-0.4, -0.2) is 63.8 Å². The lowest BCUT2D eigenvalue weighted by atomic mass is 10.00. The maximum absolute atomic E-state index is 12.3. The van der Waals surface area contributed by atoms with Gasteiger partial charge in [-0.25, -0.2) is 9.59 Å². The number of nitrogens with zero attached hydrogens (tertiary/aromatic N) is 2. The summed E-state index contributed by atoms with van der Waals surface area (Å²) in [7, 11) is 0. The van der Waals surface area contributed by atoms with Gasteiger partial charge in [-0.3, -0.25) is 0 Å². The van der Waals surface area contributed by atoms with Crippen LogP contribution >= 0.6 is 0 Å². The van der Waals surface area contributed by atoms with Gasteiger partial charge >= 0.3 is 12.0 Å². The molecule has 0 aliphatic carbocycles. The van der Waals surface area contributed by atoms with Crippen molar-refractivity contribution in [1.29, 1.82) is 0 Å². The Hall–Kier alpha value is -1.30. The fraction of sp³-hybridized carbons (Fsp3) is 0.833. The first-order valence-corrected chi connectivity index (χ1v) is 6.40. The maximum Gasteiger partial charge on any atom is 0.329 e. The number of likely N-dealkylation sites (tertiary alicyclic amines) is 2. The Labute approximate surface area is 106 Å². The Morgan fingerprint density at radius 2 is 2.11 bits per heavy atom. The summed E-state index contributed by atoms with van der Waals surface area (Å²) in [6.45, 7) is 3.33. The number of hydrogen-bond acceptors (Lipinski definition) is 3. The second-order valence-corrected chi connectivity index (χ2v) is 5.40. The van der Waals surface area contributed by atoms with E-state index in [1.54, 1.807) is 11.8 Å². The van der Waals surface area contributed by atoms with Crippen LogP contribution in [0.15, 0.2) is 0 Å². The van der Waals surface area contributed by atoms with E-state index >= 15 is 0 Å². The molecule has 18 heavy (non-hydrogen) atoms. The average molecular weight is 256 g/mol. The molecule has 0 bridgehead atoms. The Kier molecular flexibility index (Phi) is 3.47. The molecule has 6 heteroatoms. The smallest absolute Gasteiger partial charge is 0.329 e.